The van der Waals surface area contributed by atoms with E-state index in [1.807, 2.05) is 0 Å². The van der Waals surface area contributed by atoms with Gasteiger partial charge in [-0.3, -0.25) is 0 Å². The summed E-state index contributed by atoms with van der Waals surface area (Å²) < 4.78 is 0. The van der Waals surface area contributed by atoms with Crippen molar-refractivity contribution in [3.8, 4) is 0 Å². The predicted molar refractivity (Wildman–Crippen MR) is 91.4 cm³/mol. The first kappa shape index (κ1) is 15.9. The SMILES string of the molecule is CCCNC(CSCc1ccccc1C)C1CCCC1. The van der Waals surface area contributed by atoms with E-state index >= 15 is 0 Å². The molecule has 1 aromatic rings. The van der Waals surface area contributed by atoms with Crippen molar-refractivity contribution in [3.63, 3.8) is 0 Å². The molecule has 0 aliphatic heterocycles. The Bertz CT molecular complexity index is 385. The Hall–Kier alpha value is -0.470. The fourth-order valence-electron chi connectivity index (χ4n) is 3.12. The van der Waals surface area contributed by atoms with E-state index in [0.29, 0.717) is 0 Å². The van der Waals surface area contributed by atoms with Gasteiger partial charge >= 0.3 is 0 Å². The van der Waals surface area contributed by atoms with Crippen LogP contribution in [-0.2, 0) is 5.75 Å². The van der Waals surface area contributed by atoms with Gasteiger partial charge in [-0.1, -0.05) is 44.0 Å². The van der Waals surface area contributed by atoms with Gasteiger partial charge in [0, 0.05) is 17.5 Å². The molecule has 0 bridgehead atoms. The number of hydrogen-bond acceptors (Lipinski definition) is 2. The standard InChI is InChI=1S/C18H29NS/c1-3-12-19-18(16-9-6-7-10-16)14-20-13-17-11-5-4-8-15(17)2/h4-5,8,11,16,18-19H,3,6-7,9-10,12-14H2,1-2H3. The minimum atomic E-state index is 0.728. The number of benzene rings is 1. The van der Waals surface area contributed by atoms with Gasteiger partial charge in [-0.15, -0.1) is 0 Å². The molecule has 1 unspecified atom stereocenters. The normalized spacial score (nSPS) is 17.5. The van der Waals surface area contributed by atoms with E-state index < -0.39 is 0 Å². The van der Waals surface area contributed by atoms with Crippen molar-refractivity contribution in [3.05, 3.63) is 35.4 Å². The van der Waals surface area contributed by atoms with Crippen molar-refractivity contribution >= 4 is 11.8 Å². The van der Waals surface area contributed by atoms with Crippen LogP contribution in [0.5, 0.6) is 0 Å². The van der Waals surface area contributed by atoms with E-state index in [2.05, 4.69) is 55.2 Å². The molecule has 1 aliphatic rings. The zero-order chi connectivity index (χ0) is 14.2. The van der Waals surface area contributed by atoms with Gasteiger partial charge in [0.2, 0.25) is 0 Å². The third-order valence-electron chi connectivity index (χ3n) is 4.44. The van der Waals surface area contributed by atoms with E-state index in [-0.39, 0.29) is 0 Å². The van der Waals surface area contributed by atoms with Crippen LogP contribution in [0.1, 0.15) is 50.2 Å². The van der Waals surface area contributed by atoms with Crippen molar-refractivity contribution in [1.29, 1.82) is 0 Å². The molecule has 2 rings (SSSR count). The second-order valence-corrected chi connectivity index (χ2v) is 7.08. The van der Waals surface area contributed by atoms with Crippen LogP contribution in [0.3, 0.4) is 0 Å². The molecule has 0 saturated heterocycles. The molecule has 20 heavy (non-hydrogen) atoms. The Balaban J connectivity index is 1.80. The summed E-state index contributed by atoms with van der Waals surface area (Å²) in [6.45, 7) is 5.66. The van der Waals surface area contributed by atoms with E-state index in [1.54, 1.807) is 0 Å². The lowest BCUT2D eigenvalue weighted by atomic mass is 10.00. The highest BCUT2D eigenvalue weighted by Crippen LogP contribution is 2.30. The maximum atomic E-state index is 3.79. The number of aryl methyl sites for hydroxylation is 1. The summed E-state index contributed by atoms with van der Waals surface area (Å²) in [5.74, 6) is 3.34. The zero-order valence-corrected chi connectivity index (χ0v) is 13.8. The molecule has 1 saturated carbocycles. The molecule has 1 aliphatic carbocycles. The summed E-state index contributed by atoms with van der Waals surface area (Å²) in [6, 6.07) is 9.51. The maximum Gasteiger partial charge on any atom is 0.0187 e. The zero-order valence-electron chi connectivity index (χ0n) is 13.0. The average molecular weight is 292 g/mol. The van der Waals surface area contributed by atoms with E-state index in [9.17, 15) is 0 Å². The lowest BCUT2D eigenvalue weighted by Crippen LogP contribution is -2.37. The molecule has 1 N–H and O–H groups in total. The molecule has 0 spiro atoms. The van der Waals surface area contributed by atoms with Crippen molar-refractivity contribution in [2.75, 3.05) is 12.3 Å². The van der Waals surface area contributed by atoms with Crippen molar-refractivity contribution in [2.45, 2.75) is 57.7 Å². The van der Waals surface area contributed by atoms with Crippen molar-refractivity contribution in [1.82, 2.24) is 5.32 Å². The predicted octanol–water partition coefficient (Wildman–Crippen LogP) is 4.79. The molecule has 112 valence electrons. The molecule has 2 heteroatoms. The summed E-state index contributed by atoms with van der Waals surface area (Å²) in [6.07, 6.45) is 7.00. The van der Waals surface area contributed by atoms with Crippen LogP contribution in [0.25, 0.3) is 0 Å². The van der Waals surface area contributed by atoms with Gasteiger partial charge in [0.15, 0.2) is 0 Å². The monoisotopic (exact) mass is 291 g/mol. The maximum absolute atomic E-state index is 3.79. The Kier molecular flexibility index (Phi) is 6.95. The molecular weight excluding hydrogens is 262 g/mol. The van der Waals surface area contributed by atoms with Crippen molar-refractivity contribution in [2.24, 2.45) is 5.92 Å². The second kappa shape index (κ2) is 8.74. The molecule has 1 nitrogen and oxygen atoms in total. The van der Waals surface area contributed by atoms with Crippen LogP contribution in [0.15, 0.2) is 24.3 Å². The Labute approximate surface area is 128 Å². The van der Waals surface area contributed by atoms with Crippen LogP contribution >= 0.6 is 11.8 Å². The second-order valence-electron chi connectivity index (χ2n) is 6.05. The molecule has 1 atom stereocenters. The van der Waals surface area contributed by atoms with Gasteiger partial charge in [-0.05, 0) is 49.8 Å². The first-order valence-electron chi connectivity index (χ1n) is 8.17. The Morgan fingerprint density at radius 3 is 2.70 bits per heavy atom. The van der Waals surface area contributed by atoms with Crippen molar-refractivity contribution < 1.29 is 0 Å². The third-order valence-corrected chi connectivity index (χ3v) is 5.55. The van der Waals surface area contributed by atoms with Gasteiger partial charge in [0.1, 0.15) is 0 Å². The largest absolute Gasteiger partial charge is 0.313 e. The number of thioether (sulfide) groups is 1. The van der Waals surface area contributed by atoms with E-state index in [0.717, 1.165) is 17.7 Å². The smallest absolute Gasteiger partial charge is 0.0187 e. The summed E-state index contributed by atoms with van der Waals surface area (Å²) in [5.41, 5.74) is 2.93. The highest BCUT2D eigenvalue weighted by molar-refractivity contribution is 7.98. The van der Waals surface area contributed by atoms with Gasteiger partial charge in [0.05, 0.1) is 0 Å². The third kappa shape index (κ3) is 4.82. The lowest BCUT2D eigenvalue weighted by Gasteiger charge is -2.24. The molecular formula is C18H29NS. The highest BCUT2D eigenvalue weighted by Gasteiger charge is 2.24. The Morgan fingerprint density at radius 1 is 1.25 bits per heavy atom. The van der Waals surface area contributed by atoms with Crippen LogP contribution in [0, 0.1) is 12.8 Å². The quantitative estimate of drug-likeness (QED) is 0.739. The van der Waals surface area contributed by atoms with Gasteiger partial charge in [0.25, 0.3) is 0 Å². The lowest BCUT2D eigenvalue weighted by molar-refractivity contribution is 0.388. The fraction of sp³-hybridized carbons (Fsp3) is 0.667. The summed E-state index contributed by atoms with van der Waals surface area (Å²) in [7, 11) is 0. The minimum Gasteiger partial charge on any atom is -0.313 e. The topological polar surface area (TPSA) is 12.0 Å². The van der Waals surface area contributed by atoms with E-state index in [4.69, 9.17) is 0 Å². The molecule has 0 radical (unpaired) electrons. The molecule has 1 fully saturated rings. The minimum absolute atomic E-state index is 0.728. The number of rotatable bonds is 8. The van der Waals surface area contributed by atoms with Crippen LogP contribution in [-0.4, -0.2) is 18.3 Å². The van der Waals surface area contributed by atoms with Crippen LogP contribution in [0.4, 0.5) is 0 Å². The number of nitrogens with one attached hydrogen (secondary N) is 1. The molecule has 0 heterocycles. The van der Waals surface area contributed by atoms with Gasteiger partial charge in [-0.2, -0.15) is 11.8 Å². The fourth-order valence-corrected chi connectivity index (χ4v) is 4.42. The summed E-state index contributed by atoms with van der Waals surface area (Å²) in [4.78, 5) is 0. The first-order valence-corrected chi connectivity index (χ1v) is 9.32. The molecule has 0 aromatic heterocycles. The molecule has 1 aromatic carbocycles. The summed E-state index contributed by atoms with van der Waals surface area (Å²) >= 11 is 2.10. The summed E-state index contributed by atoms with van der Waals surface area (Å²) in [5, 5.41) is 3.79. The Morgan fingerprint density at radius 2 is 2.00 bits per heavy atom. The molecule has 0 amide bonds. The van der Waals surface area contributed by atoms with E-state index in [1.165, 1.54) is 55.5 Å². The average Bonchev–Trinajstić information content (AvgIpc) is 2.98. The highest BCUT2D eigenvalue weighted by atomic mass is 32.2. The first-order chi connectivity index (χ1) is 9.81. The van der Waals surface area contributed by atoms with Crippen LogP contribution in [0.2, 0.25) is 0 Å². The number of hydrogen-bond donors (Lipinski definition) is 1. The van der Waals surface area contributed by atoms with Gasteiger partial charge < -0.3 is 5.32 Å². The van der Waals surface area contributed by atoms with Gasteiger partial charge in [-0.25, -0.2) is 0 Å². The van der Waals surface area contributed by atoms with Crippen LogP contribution < -0.4 is 5.32 Å².